The third kappa shape index (κ3) is 8.36. The van der Waals surface area contributed by atoms with Gasteiger partial charge in [0.2, 0.25) is 0 Å². The van der Waals surface area contributed by atoms with E-state index in [2.05, 4.69) is 21.4 Å². The lowest BCUT2D eigenvalue weighted by Crippen LogP contribution is -2.21. The third-order valence-corrected chi connectivity index (χ3v) is 1.73. The minimum atomic E-state index is -3.72. The van der Waals surface area contributed by atoms with Gasteiger partial charge in [-0.25, -0.2) is 0 Å². The SMILES string of the molecule is CN(C)C(=O)c1ccc([N+](=O)[O-])cc1.O=S(=O)(Cl)Cl. The van der Waals surface area contributed by atoms with Gasteiger partial charge >= 0.3 is 8.26 Å². The van der Waals surface area contributed by atoms with E-state index < -0.39 is 13.2 Å². The second-order valence-electron chi connectivity index (χ2n) is 3.38. The highest BCUT2D eigenvalue weighted by Gasteiger charge is 2.10. The molecule has 0 fully saturated rings. The van der Waals surface area contributed by atoms with E-state index in [-0.39, 0.29) is 11.6 Å². The molecule has 1 amide bonds. The molecular formula is C9H10Cl2N2O5S. The minimum absolute atomic E-state index is 0.0136. The van der Waals surface area contributed by atoms with Crippen LogP contribution in [0, 0.1) is 10.1 Å². The highest BCUT2D eigenvalue weighted by atomic mass is 36.0. The van der Waals surface area contributed by atoms with Crippen LogP contribution >= 0.6 is 21.4 Å². The summed E-state index contributed by atoms with van der Waals surface area (Å²) in [6.45, 7) is 0. The van der Waals surface area contributed by atoms with Gasteiger partial charge in [0.05, 0.1) is 4.92 Å². The predicted molar refractivity (Wildman–Crippen MR) is 71.7 cm³/mol. The molecule has 1 aromatic rings. The van der Waals surface area contributed by atoms with Crippen molar-refractivity contribution in [1.82, 2.24) is 4.90 Å². The normalized spacial score (nSPS) is 10.1. The number of hydrogen-bond donors (Lipinski definition) is 0. The van der Waals surface area contributed by atoms with Gasteiger partial charge in [0.25, 0.3) is 11.6 Å². The van der Waals surface area contributed by atoms with Crippen LogP contribution in [0.4, 0.5) is 5.69 Å². The standard InChI is InChI=1S/C9H10N2O3.Cl2O2S/c1-10(2)9(12)7-3-5-8(6-4-7)11(13)14;1-5(2,3)4/h3-6H,1-2H3;. The van der Waals surface area contributed by atoms with Gasteiger partial charge in [-0.15, -0.1) is 0 Å². The molecule has 0 N–H and O–H groups in total. The number of hydrogen-bond acceptors (Lipinski definition) is 5. The van der Waals surface area contributed by atoms with Crippen molar-refractivity contribution in [2.75, 3.05) is 14.1 Å². The van der Waals surface area contributed by atoms with Gasteiger partial charge in [0.1, 0.15) is 0 Å². The fourth-order valence-corrected chi connectivity index (χ4v) is 0.984. The van der Waals surface area contributed by atoms with E-state index >= 15 is 0 Å². The summed E-state index contributed by atoms with van der Waals surface area (Å²) in [7, 11) is 8.07. The average Bonchev–Trinajstić information content (AvgIpc) is 2.25. The third-order valence-electron chi connectivity index (χ3n) is 1.73. The van der Waals surface area contributed by atoms with E-state index in [1.165, 1.54) is 29.2 Å². The van der Waals surface area contributed by atoms with E-state index in [1.807, 2.05) is 0 Å². The Kier molecular flexibility index (Phi) is 6.74. The van der Waals surface area contributed by atoms with Gasteiger partial charge < -0.3 is 4.90 Å². The highest BCUT2D eigenvalue weighted by Crippen LogP contribution is 2.12. The van der Waals surface area contributed by atoms with Crippen LogP contribution in [-0.2, 0) is 8.26 Å². The number of benzene rings is 1. The molecule has 0 aromatic heterocycles. The van der Waals surface area contributed by atoms with Crippen LogP contribution in [-0.4, -0.2) is 38.2 Å². The van der Waals surface area contributed by atoms with Crippen molar-refractivity contribution in [2.45, 2.75) is 0 Å². The van der Waals surface area contributed by atoms with E-state index in [1.54, 1.807) is 14.1 Å². The molecule has 7 nitrogen and oxygen atoms in total. The smallest absolute Gasteiger partial charge is 0.317 e. The van der Waals surface area contributed by atoms with Crippen LogP contribution in [0.1, 0.15) is 10.4 Å². The molecule has 0 spiro atoms. The summed E-state index contributed by atoms with van der Waals surface area (Å²) in [5.74, 6) is -0.167. The van der Waals surface area contributed by atoms with Gasteiger partial charge in [-0.1, -0.05) is 0 Å². The first-order chi connectivity index (χ1) is 8.52. The van der Waals surface area contributed by atoms with Gasteiger partial charge in [-0.3, -0.25) is 14.9 Å². The van der Waals surface area contributed by atoms with Crippen molar-refractivity contribution in [3.8, 4) is 0 Å². The van der Waals surface area contributed by atoms with Crippen molar-refractivity contribution in [3.05, 3.63) is 39.9 Å². The lowest BCUT2D eigenvalue weighted by Gasteiger charge is -2.09. The number of non-ortho nitro benzene ring substituents is 1. The molecule has 0 unspecified atom stereocenters. The summed E-state index contributed by atoms with van der Waals surface area (Å²) in [6.07, 6.45) is 0. The Morgan fingerprint density at radius 1 is 1.21 bits per heavy atom. The highest BCUT2D eigenvalue weighted by molar-refractivity contribution is 8.31. The molecule has 10 heteroatoms. The fourth-order valence-electron chi connectivity index (χ4n) is 0.984. The van der Waals surface area contributed by atoms with E-state index in [9.17, 15) is 14.9 Å². The molecule has 106 valence electrons. The molecule has 0 saturated heterocycles. The number of nitrogens with zero attached hydrogens (tertiary/aromatic N) is 2. The van der Waals surface area contributed by atoms with E-state index in [0.29, 0.717) is 5.56 Å². The van der Waals surface area contributed by atoms with Crippen LogP contribution in [0.15, 0.2) is 24.3 Å². The summed E-state index contributed by atoms with van der Waals surface area (Å²) < 4.78 is 18.3. The van der Waals surface area contributed by atoms with E-state index in [0.717, 1.165) is 0 Å². The first kappa shape index (κ1) is 17.6. The lowest BCUT2D eigenvalue weighted by molar-refractivity contribution is -0.384. The molecule has 1 rings (SSSR count). The molecule has 1 aromatic carbocycles. The molecular weight excluding hydrogens is 319 g/mol. The number of halogens is 2. The maximum Gasteiger partial charge on any atom is 0.317 e. The number of carbonyl (C=O) groups is 1. The van der Waals surface area contributed by atoms with Crippen LogP contribution in [0.5, 0.6) is 0 Å². The predicted octanol–water partition coefficient (Wildman–Crippen LogP) is 2.01. The molecule has 0 heterocycles. The first-order valence-corrected chi connectivity index (χ1v) is 7.76. The van der Waals surface area contributed by atoms with Crippen LogP contribution in [0.2, 0.25) is 0 Å². The molecule has 0 bridgehead atoms. The van der Waals surface area contributed by atoms with Crippen LogP contribution < -0.4 is 0 Å². The van der Waals surface area contributed by atoms with Crippen molar-refractivity contribution < 1.29 is 18.1 Å². The topological polar surface area (TPSA) is 97.6 Å². The van der Waals surface area contributed by atoms with Gasteiger partial charge in [-0.05, 0) is 12.1 Å². The molecule has 0 radical (unpaired) electrons. The second-order valence-corrected chi connectivity index (χ2v) is 7.05. The lowest BCUT2D eigenvalue weighted by atomic mass is 10.2. The molecule has 0 saturated carbocycles. The summed E-state index contributed by atoms with van der Waals surface area (Å²) >= 11 is 0. The van der Waals surface area contributed by atoms with Crippen molar-refractivity contribution in [2.24, 2.45) is 0 Å². The Labute approximate surface area is 118 Å². The average molecular weight is 329 g/mol. The monoisotopic (exact) mass is 328 g/mol. The zero-order valence-electron chi connectivity index (χ0n) is 9.91. The zero-order valence-corrected chi connectivity index (χ0v) is 12.2. The first-order valence-electron chi connectivity index (χ1n) is 4.62. The number of amides is 1. The molecule has 0 aliphatic carbocycles. The fraction of sp³-hybridized carbons (Fsp3) is 0.222. The quantitative estimate of drug-likeness (QED) is 0.469. The number of nitro benzene ring substituents is 1. The van der Waals surface area contributed by atoms with Crippen molar-refractivity contribution >= 4 is 41.2 Å². The Hall–Kier alpha value is -1.38. The number of rotatable bonds is 2. The molecule has 0 aliphatic heterocycles. The maximum atomic E-state index is 11.4. The Morgan fingerprint density at radius 3 is 1.84 bits per heavy atom. The second kappa shape index (κ2) is 7.27. The van der Waals surface area contributed by atoms with Gasteiger partial charge in [0.15, 0.2) is 0 Å². The van der Waals surface area contributed by atoms with Gasteiger partial charge in [-0.2, -0.15) is 8.42 Å². The Morgan fingerprint density at radius 2 is 1.58 bits per heavy atom. The largest absolute Gasteiger partial charge is 0.345 e. The number of nitro groups is 1. The van der Waals surface area contributed by atoms with Crippen LogP contribution in [0.25, 0.3) is 0 Å². The molecule has 0 aliphatic rings. The number of carbonyl (C=O) groups excluding carboxylic acids is 1. The van der Waals surface area contributed by atoms with Crippen molar-refractivity contribution in [3.63, 3.8) is 0 Å². The van der Waals surface area contributed by atoms with Crippen LogP contribution in [0.3, 0.4) is 0 Å². The molecule has 19 heavy (non-hydrogen) atoms. The maximum absolute atomic E-state index is 11.4. The Bertz CT molecular complexity index is 548. The Balaban J connectivity index is 0.000000555. The van der Waals surface area contributed by atoms with Gasteiger partial charge in [0, 0.05) is 53.2 Å². The van der Waals surface area contributed by atoms with E-state index in [4.69, 9.17) is 8.42 Å². The summed E-state index contributed by atoms with van der Waals surface area (Å²) in [5.41, 5.74) is 0.431. The summed E-state index contributed by atoms with van der Waals surface area (Å²) in [6, 6.07) is 5.52. The summed E-state index contributed by atoms with van der Waals surface area (Å²) in [5, 5.41) is 10.3. The minimum Gasteiger partial charge on any atom is -0.345 e. The molecule has 0 atom stereocenters. The zero-order chi connectivity index (χ0) is 15.2. The summed E-state index contributed by atoms with van der Waals surface area (Å²) in [4.78, 5) is 22.6. The van der Waals surface area contributed by atoms with Crippen molar-refractivity contribution in [1.29, 1.82) is 0 Å².